The van der Waals surface area contributed by atoms with Gasteiger partial charge in [0.15, 0.2) is 0 Å². The van der Waals surface area contributed by atoms with Crippen molar-refractivity contribution < 1.29 is 18.3 Å². The standard InChI is InChI=1S/C3H3F3N2OS/c4-3(5,6)1-7-8-2(9)10-1/h1-2,9H. The van der Waals surface area contributed by atoms with E-state index in [0.717, 1.165) is 0 Å². The Morgan fingerprint density at radius 3 is 2.10 bits per heavy atom. The molecule has 10 heavy (non-hydrogen) atoms. The molecule has 0 aromatic rings. The third-order valence-electron chi connectivity index (χ3n) is 0.801. The summed E-state index contributed by atoms with van der Waals surface area (Å²) >= 11 is 0.270. The first kappa shape index (κ1) is 7.80. The highest BCUT2D eigenvalue weighted by molar-refractivity contribution is 8.00. The second-order valence-electron chi connectivity index (χ2n) is 1.59. The average molecular weight is 172 g/mol. The lowest BCUT2D eigenvalue weighted by atomic mass is 10.7. The lowest BCUT2D eigenvalue weighted by molar-refractivity contribution is -0.127. The SMILES string of the molecule is OC1N=NC(C(F)(F)F)S1. The zero-order valence-corrected chi connectivity index (χ0v) is 5.35. The predicted molar refractivity (Wildman–Crippen MR) is 28.3 cm³/mol. The Morgan fingerprint density at radius 1 is 1.30 bits per heavy atom. The minimum Gasteiger partial charge on any atom is -0.362 e. The Morgan fingerprint density at radius 2 is 1.90 bits per heavy atom. The van der Waals surface area contributed by atoms with Gasteiger partial charge in [0.05, 0.1) is 0 Å². The van der Waals surface area contributed by atoms with Crippen LogP contribution in [0.4, 0.5) is 13.2 Å². The molecule has 7 heteroatoms. The van der Waals surface area contributed by atoms with Crippen LogP contribution in [0.3, 0.4) is 0 Å². The van der Waals surface area contributed by atoms with Gasteiger partial charge in [0, 0.05) is 0 Å². The van der Waals surface area contributed by atoms with Gasteiger partial charge in [0.25, 0.3) is 0 Å². The number of thioether (sulfide) groups is 1. The number of alkyl halides is 3. The van der Waals surface area contributed by atoms with Crippen molar-refractivity contribution in [3.63, 3.8) is 0 Å². The number of aliphatic hydroxyl groups is 1. The molecule has 0 spiro atoms. The van der Waals surface area contributed by atoms with E-state index in [4.69, 9.17) is 5.11 Å². The van der Waals surface area contributed by atoms with E-state index in [-0.39, 0.29) is 11.8 Å². The molecule has 0 fully saturated rings. The molecule has 1 aliphatic rings. The molecule has 0 saturated carbocycles. The topological polar surface area (TPSA) is 45.0 Å². The van der Waals surface area contributed by atoms with Crippen LogP contribution in [0, 0.1) is 0 Å². The quantitative estimate of drug-likeness (QED) is 0.599. The van der Waals surface area contributed by atoms with Gasteiger partial charge in [-0.25, -0.2) is 0 Å². The smallest absolute Gasteiger partial charge is 0.362 e. The molecule has 0 aromatic heterocycles. The molecule has 1 heterocycles. The number of rotatable bonds is 0. The van der Waals surface area contributed by atoms with Gasteiger partial charge in [-0.2, -0.15) is 18.3 Å². The molecule has 2 unspecified atom stereocenters. The van der Waals surface area contributed by atoms with Crippen LogP contribution >= 0.6 is 11.8 Å². The summed E-state index contributed by atoms with van der Waals surface area (Å²) in [6, 6.07) is 0. The molecule has 3 nitrogen and oxygen atoms in total. The molecule has 1 N–H and O–H groups in total. The van der Waals surface area contributed by atoms with Gasteiger partial charge in [-0.3, -0.25) is 0 Å². The van der Waals surface area contributed by atoms with Crippen LogP contribution in [-0.2, 0) is 0 Å². The maximum Gasteiger partial charge on any atom is 0.422 e. The zero-order chi connectivity index (χ0) is 7.78. The lowest BCUT2D eigenvalue weighted by Crippen LogP contribution is -2.22. The second-order valence-corrected chi connectivity index (χ2v) is 2.73. The van der Waals surface area contributed by atoms with Crippen LogP contribution in [0.5, 0.6) is 0 Å². The molecule has 0 aliphatic carbocycles. The van der Waals surface area contributed by atoms with E-state index in [1.54, 1.807) is 0 Å². The Hall–Kier alpha value is -0.300. The first-order valence-electron chi connectivity index (χ1n) is 2.30. The van der Waals surface area contributed by atoms with Gasteiger partial charge in [-0.15, -0.1) is 5.11 Å². The van der Waals surface area contributed by atoms with E-state index >= 15 is 0 Å². The fourth-order valence-electron chi connectivity index (χ4n) is 0.430. The molecular weight excluding hydrogens is 169 g/mol. The van der Waals surface area contributed by atoms with Crippen LogP contribution in [0.25, 0.3) is 0 Å². The minimum atomic E-state index is -4.40. The molecular formula is C3H3F3N2OS. The van der Waals surface area contributed by atoms with E-state index in [0.29, 0.717) is 0 Å². The van der Waals surface area contributed by atoms with Crippen molar-refractivity contribution in [1.29, 1.82) is 0 Å². The minimum absolute atomic E-state index is 0.270. The first-order chi connectivity index (χ1) is 4.50. The number of hydrogen-bond donors (Lipinski definition) is 1. The van der Waals surface area contributed by atoms with Crippen LogP contribution in [0.15, 0.2) is 10.2 Å². The summed E-state index contributed by atoms with van der Waals surface area (Å²) in [7, 11) is 0. The number of nitrogens with zero attached hydrogens (tertiary/aromatic N) is 2. The van der Waals surface area contributed by atoms with Crippen molar-refractivity contribution in [2.45, 2.75) is 17.1 Å². The Bertz CT molecular complexity index is 158. The van der Waals surface area contributed by atoms with Crippen molar-refractivity contribution in [2.24, 2.45) is 10.2 Å². The number of aliphatic hydroxyl groups excluding tert-OH is 1. The highest BCUT2D eigenvalue weighted by Crippen LogP contribution is 2.37. The third-order valence-corrected chi connectivity index (χ3v) is 1.76. The maximum atomic E-state index is 11.6. The van der Waals surface area contributed by atoms with Gasteiger partial charge in [-0.1, -0.05) is 11.8 Å². The Kier molecular flexibility index (Phi) is 1.86. The molecule has 1 aliphatic heterocycles. The van der Waals surface area contributed by atoms with Crippen LogP contribution in [-0.4, -0.2) is 22.2 Å². The van der Waals surface area contributed by atoms with Crippen molar-refractivity contribution in [3.05, 3.63) is 0 Å². The number of halogens is 3. The normalized spacial score (nSPS) is 33.2. The molecule has 0 saturated heterocycles. The number of azo groups is 1. The van der Waals surface area contributed by atoms with E-state index in [1.165, 1.54) is 0 Å². The summed E-state index contributed by atoms with van der Waals surface area (Å²) < 4.78 is 34.9. The summed E-state index contributed by atoms with van der Waals surface area (Å²) in [6.45, 7) is 0. The largest absolute Gasteiger partial charge is 0.422 e. The summed E-state index contributed by atoms with van der Waals surface area (Å²) in [4.78, 5) is 0. The Balaban J connectivity index is 2.55. The highest BCUT2D eigenvalue weighted by atomic mass is 32.2. The van der Waals surface area contributed by atoms with Gasteiger partial charge in [0.2, 0.25) is 10.9 Å². The van der Waals surface area contributed by atoms with E-state index in [9.17, 15) is 13.2 Å². The summed E-state index contributed by atoms with van der Waals surface area (Å²) in [5.41, 5.74) is -1.35. The molecule has 0 amide bonds. The second kappa shape index (κ2) is 2.39. The van der Waals surface area contributed by atoms with E-state index in [1.807, 2.05) is 0 Å². The fraction of sp³-hybridized carbons (Fsp3) is 1.00. The van der Waals surface area contributed by atoms with Crippen LogP contribution < -0.4 is 0 Å². The van der Waals surface area contributed by atoms with Crippen molar-refractivity contribution in [2.75, 3.05) is 0 Å². The van der Waals surface area contributed by atoms with Crippen molar-refractivity contribution >= 4 is 11.8 Å². The van der Waals surface area contributed by atoms with Gasteiger partial charge in [-0.05, 0) is 0 Å². The highest BCUT2D eigenvalue weighted by Gasteiger charge is 2.44. The van der Waals surface area contributed by atoms with E-state index in [2.05, 4.69) is 10.2 Å². The van der Waals surface area contributed by atoms with Gasteiger partial charge in [0.1, 0.15) is 0 Å². The summed E-state index contributed by atoms with van der Waals surface area (Å²) in [6.07, 6.45) is -4.40. The molecule has 58 valence electrons. The average Bonchev–Trinajstić information content (AvgIpc) is 2.11. The van der Waals surface area contributed by atoms with Crippen LogP contribution in [0.1, 0.15) is 0 Å². The molecule has 1 rings (SSSR count). The number of hydrogen-bond acceptors (Lipinski definition) is 4. The van der Waals surface area contributed by atoms with Crippen LogP contribution in [0.2, 0.25) is 0 Å². The zero-order valence-electron chi connectivity index (χ0n) is 4.54. The van der Waals surface area contributed by atoms with E-state index < -0.39 is 17.1 Å². The van der Waals surface area contributed by atoms with Crippen molar-refractivity contribution in [1.82, 2.24) is 0 Å². The fourth-order valence-corrected chi connectivity index (χ4v) is 1.03. The Labute approximate surface area is 58.3 Å². The van der Waals surface area contributed by atoms with Gasteiger partial charge >= 0.3 is 6.18 Å². The summed E-state index contributed by atoms with van der Waals surface area (Å²) in [5, 5.41) is 12.3. The molecule has 0 radical (unpaired) electrons. The summed E-state index contributed by atoms with van der Waals surface area (Å²) in [5.74, 6) is 0. The maximum absolute atomic E-state index is 11.6. The third kappa shape index (κ3) is 1.60. The molecule has 2 atom stereocenters. The lowest BCUT2D eigenvalue weighted by Gasteiger charge is -2.08. The first-order valence-corrected chi connectivity index (χ1v) is 3.24. The molecule has 0 bridgehead atoms. The van der Waals surface area contributed by atoms with Gasteiger partial charge < -0.3 is 5.11 Å². The molecule has 0 aromatic carbocycles. The monoisotopic (exact) mass is 172 g/mol. The predicted octanol–water partition coefficient (Wildman–Crippen LogP) is 1.35. The van der Waals surface area contributed by atoms with Crippen molar-refractivity contribution in [3.8, 4) is 0 Å².